The minimum absolute atomic E-state index is 0.00295. The Labute approximate surface area is 94.9 Å². The summed E-state index contributed by atoms with van der Waals surface area (Å²) in [5, 5.41) is 10.7. The van der Waals surface area contributed by atoms with Gasteiger partial charge in [-0.15, -0.1) is 0 Å². The van der Waals surface area contributed by atoms with E-state index in [1.165, 1.54) is 17.4 Å². The van der Waals surface area contributed by atoms with Crippen LogP contribution >= 0.6 is 0 Å². The molecule has 2 aromatic rings. The Bertz CT molecular complexity index is 511. The highest BCUT2D eigenvalue weighted by Gasteiger charge is 2.38. The van der Waals surface area contributed by atoms with Gasteiger partial charge in [0.1, 0.15) is 0 Å². The van der Waals surface area contributed by atoms with Gasteiger partial charge in [-0.2, -0.15) is 0 Å². The van der Waals surface area contributed by atoms with E-state index in [0.717, 1.165) is 18.4 Å². The van der Waals surface area contributed by atoms with Crippen molar-refractivity contribution in [1.82, 2.24) is 4.98 Å². The minimum Gasteiger partial charge on any atom is -0.395 e. The summed E-state index contributed by atoms with van der Waals surface area (Å²) in [4.78, 5) is 4.47. The maximum Gasteiger partial charge on any atom is 0.0702 e. The van der Waals surface area contributed by atoms with Gasteiger partial charge >= 0.3 is 0 Å². The smallest absolute Gasteiger partial charge is 0.0702 e. The fraction of sp³-hybridized carbons (Fsp3) is 0.357. The molecule has 1 aromatic heterocycles. The first-order valence-electron chi connectivity index (χ1n) is 5.80. The normalized spacial score (nSPS) is 18.3. The van der Waals surface area contributed by atoms with Crippen molar-refractivity contribution in [3.63, 3.8) is 0 Å². The first kappa shape index (κ1) is 9.79. The molecule has 1 fully saturated rings. The highest BCUT2D eigenvalue weighted by molar-refractivity contribution is 5.79. The molecule has 0 spiro atoms. The molecule has 16 heavy (non-hydrogen) atoms. The van der Waals surface area contributed by atoms with Gasteiger partial charge in [0.15, 0.2) is 0 Å². The number of hydrogen-bond acceptors (Lipinski definition) is 2. The van der Waals surface area contributed by atoms with Crippen LogP contribution in [0, 0.1) is 0 Å². The quantitative estimate of drug-likeness (QED) is 0.832. The second-order valence-corrected chi connectivity index (χ2v) is 4.71. The van der Waals surface area contributed by atoms with Crippen molar-refractivity contribution in [3.8, 4) is 0 Å². The maximum absolute atomic E-state index is 9.53. The molecule has 3 rings (SSSR count). The number of aliphatic hydroxyl groups excluding tert-OH is 1. The Morgan fingerprint density at radius 2 is 2.06 bits per heavy atom. The van der Waals surface area contributed by atoms with Gasteiger partial charge in [0, 0.05) is 17.0 Å². The number of fused-ring (bicyclic) bond motifs is 1. The van der Waals surface area contributed by atoms with Crippen molar-refractivity contribution in [1.29, 1.82) is 0 Å². The summed E-state index contributed by atoms with van der Waals surface area (Å²) >= 11 is 0. The molecule has 0 unspecified atom stereocenters. The molecule has 2 heteroatoms. The summed E-state index contributed by atoms with van der Waals surface area (Å²) in [5.74, 6) is 0. The van der Waals surface area contributed by atoms with Crippen LogP contribution in [0.5, 0.6) is 0 Å². The number of aliphatic hydroxyl groups is 1. The number of hydrogen-bond donors (Lipinski definition) is 1. The van der Waals surface area contributed by atoms with Crippen LogP contribution in [0.3, 0.4) is 0 Å². The van der Waals surface area contributed by atoms with Gasteiger partial charge < -0.3 is 5.11 Å². The molecule has 1 aromatic carbocycles. The van der Waals surface area contributed by atoms with Gasteiger partial charge in [0.05, 0.1) is 12.1 Å². The Kier molecular flexibility index (Phi) is 2.18. The van der Waals surface area contributed by atoms with E-state index in [4.69, 9.17) is 0 Å². The molecular weight excluding hydrogens is 198 g/mol. The average Bonchev–Trinajstić information content (AvgIpc) is 2.28. The highest BCUT2D eigenvalue weighted by atomic mass is 16.3. The largest absolute Gasteiger partial charge is 0.395 e. The third-order valence-corrected chi connectivity index (χ3v) is 3.82. The Balaban J connectivity index is 2.11. The molecule has 1 heterocycles. The molecule has 82 valence electrons. The van der Waals surface area contributed by atoms with Gasteiger partial charge in [-0.05, 0) is 30.5 Å². The van der Waals surface area contributed by atoms with Crippen LogP contribution in [0.2, 0.25) is 0 Å². The predicted molar refractivity (Wildman–Crippen MR) is 64.4 cm³/mol. The molecule has 2 nitrogen and oxygen atoms in total. The van der Waals surface area contributed by atoms with Crippen LogP contribution in [0.25, 0.3) is 10.9 Å². The lowest BCUT2D eigenvalue weighted by atomic mass is 9.65. The zero-order valence-electron chi connectivity index (χ0n) is 9.19. The van der Waals surface area contributed by atoms with Crippen molar-refractivity contribution in [3.05, 3.63) is 42.1 Å². The number of benzene rings is 1. The van der Waals surface area contributed by atoms with E-state index in [1.54, 1.807) is 0 Å². The molecule has 0 aliphatic heterocycles. The summed E-state index contributed by atoms with van der Waals surface area (Å²) in [6.45, 7) is 0.243. The van der Waals surface area contributed by atoms with E-state index in [1.807, 2.05) is 24.4 Å². The number of para-hydroxylation sites is 1. The van der Waals surface area contributed by atoms with Crippen LogP contribution in [0.1, 0.15) is 24.8 Å². The number of aromatic nitrogens is 1. The molecule has 1 N–H and O–H groups in total. The molecular formula is C14H15NO. The fourth-order valence-electron chi connectivity index (χ4n) is 2.50. The van der Waals surface area contributed by atoms with E-state index < -0.39 is 0 Å². The third-order valence-electron chi connectivity index (χ3n) is 3.82. The van der Waals surface area contributed by atoms with Gasteiger partial charge in [0.25, 0.3) is 0 Å². The van der Waals surface area contributed by atoms with Crippen LogP contribution < -0.4 is 0 Å². The van der Waals surface area contributed by atoms with Crippen molar-refractivity contribution >= 4 is 10.9 Å². The molecule has 1 saturated carbocycles. The van der Waals surface area contributed by atoms with Crippen molar-refractivity contribution in [2.75, 3.05) is 6.61 Å². The van der Waals surface area contributed by atoms with Crippen LogP contribution in [0.15, 0.2) is 36.5 Å². The van der Waals surface area contributed by atoms with Gasteiger partial charge in [0.2, 0.25) is 0 Å². The Morgan fingerprint density at radius 3 is 2.75 bits per heavy atom. The summed E-state index contributed by atoms with van der Waals surface area (Å²) in [6.07, 6.45) is 5.32. The highest BCUT2D eigenvalue weighted by Crippen LogP contribution is 2.43. The monoisotopic (exact) mass is 213 g/mol. The first-order chi connectivity index (χ1) is 7.84. The predicted octanol–water partition coefficient (Wildman–Crippen LogP) is 2.65. The lowest BCUT2D eigenvalue weighted by molar-refractivity contribution is 0.120. The zero-order valence-corrected chi connectivity index (χ0v) is 9.19. The molecule has 0 atom stereocenters. The van der Waals surface area contributed by atoms with Crippen molar-refractivity contribution in [2.24, 2.45) is 0 Å². The minimum atomic E-state index is -0.00295. The lowest BCUT2D eigenvalue weighted by Gasteiger charge is -2.40. The standard InChI is InChI=1S/C14H15NO/c16-10-14(6-3-7-14)12-8-11-4-1-2-5-13(11)15-9-12/h1-2,4-5,8-9,16H,3,6-7,10H2. The first-order valence-corrected chi connectivity index (χ1v) is 5.80. The van der Waals surface area contributed by atoms with E-state index in [0.29, 0.717) is 0 Å². The topological polar surface area (TPSA) is 33.1 Å². The van der Waals surface area contributed by atoms with Crippen molar-refractivity contribution in [2.45, 2.75) is 24.7 Å². The third kappa shape index (κ3) is 1.34. The summed E-state index contributed by atoms with van der Waals surface area (Å²) in [6, 6.07) is 10.3. The fourth-order valence-corrected chi connectivity index (χ4v) is 2.50. The van der Waals surface area contributed by atoms with E-state index in [2.05, 4.69) is 17.1 Å². The molecule has 0 saturated heterocycles. The summed E-state index contributed by atoms with van der Waals surface area (Å²) in [7, 11) is 0. The SMILES string of the molecule is OCC1(c2cnc3ccccc3c2)CCC1. The number of rotatable bonds is 2. The molecule has 1 aliphatic carbocycles. The van der Waals surface area contributed by atoms with Crippen LogP contribution in [0.4, 0.5) is 0 Å². The maximum atomic E-state index is 9.53. The Morgan fingerprint density at radius 1 is 1.25 bits per heavy atom. The molecule has 0 bridgehead atoms. The molecule has 0 amide bonds. The van der Waals surface area contributed by atoms with Gasteiger partial charge in [-0.1, -0.05) is 24.6 Å². The van der Waals surface area contributed by atoms with Gasteiger partial charge in [-0.3, -0.25) is 4.98 Å². The van der Waals surface area contributed by atoms with Gasteiger partial charge in [-0.25, -0.2) is 0 Å². The molecule has 1 aliphatic rings. The zero-order chi connectivity index (χ0) is 11.0. The summed E-state index contributed by atoms with van der Waals surface area (Å²) in [5.41, 5.74) is 2.22. The Hall–Kier alpha value is -1.41. The van der Waals surface area contributed by atoms with E-state index >= 15 is 0 Å². The van der Waals surface area contributed by atoms with Crippen molar-refractivity contribution < 1.29 is 5.11 Å². The molecule has 0 radical (unpaired) electrons. The van der Waals surface area contributed by atoms with Crippen LogP contribution in [-0.4, -0.2) is 16.7 Å². The second kappa shape index (κ2) is 3.56. The van der Waals surface area contributed by atoms with Crippen LogP contribution in [-0.2, 0) is 5.41 Å². The van der Waals surface area contributed by atoms with E-state index in [-0.39, 0.29) is 12.0 Å². The number of nitrogens with zero attached hydrogens (tertiary/aromatic N) is 1. The lowest BCUT2D eigenvalue weighted by Crippen LogP contribution is -2.37. The number of pyridine rings is 1. The summed E-state index contributed by atoms with van der Waals surface area (Å²) < 4.78 is 0. The van der Waals surface area contributed by atoms with E-state index in [9.17, 15) is 5.11 Å². The second-order valence-electron chi connectivity index (χ2n) is 4.71. The average molecular weight is 213 g/mol.